The van der Waals surface area contributed by atoms with Gasteiger partial charge in [-0.2, -0.15) is 0 Å². The molecule has 0 aliphatic carbocycles. The molecule has 0 aromatic heterocycles. The van der Waals surface area contributed by atoms with E-state index in [0.29, 0.717) is 54.4 Å². The Morgan fingerprint density at radius 1 is 1.18 bits per heavy atom. The van der Waals surface area contributed by atoms with Gasteiger partial charge in [0.2, 0.25) is 5.91 Å². The summed E-state index contributed by atoms with van der Waals surface area (Å²) in [6, 6.07) is 12.6. The van der Waals surface area contributed by atoms with Gasteiger partial charge in [0, 0.05) is 13.1 Å². The number of hydrogen-bond acceptors (Lipinski definition) is 7. The number of rotatable bonds is 8. The molecular formula is C28H32ClN3O5S. The van der Waals surface area contributed by atoms with Crippen LogP contribution in [0.5, 0.6) is 11.5 Å². The van der Waals surface area contributed by atoms with E-state index in [-0.39, 0.29) is 23.6 Å². The zero-order valence-corrected chi connectivity index (χ0v) is 23.6. The number of carbonyl (C=O) groups is 2. The lowest BCUT2D eigenvalue weighted by Gasteiger charge is -2.30. The number of halogens is 1. The number of aliphatic imine (C=N–C) groups is 1. The van der Waals surface area contributed by atoms with Gasteiger partial charge in [-0.05, 0) is 62.2 Å². The minimum absolute atomic E-state index is 0.0156. The molecule has 1 unspecified atom stereocenters. The van der Waals surface area contributed by atoms with E-state index < -0.39 is 5.25 Å². The highest BCUT2D eigenvalue weighted by atomic mass is 35.5. The summed E-state index contributed by atoms with van der Waals surface area (Å²) in [4.78, 5) is 35.0. The zero-order chi connectivity index (χ0) is 27.2. The van der Waals surface area contributed by atoms with E-state index in [9.17, 15) is 9.59 Å². The summed E-state index contributed by atoms with van der Waals surface area (Å²) >= 11 is 7.68. The highest BCUT2D eigenvalue weighted by molar-refractivity contribution is 8.15. The lowest BCUT2D eigenvalue weighted by molar-refractivity contribution is -0.134. The monoisotopic (exact) mass is 557 g/mol. The average Bonchev–Trinajstić information content (AvgIpc) is 3.22. The Labute approximate surface area is 232 Å². The summed E-state index contributed by atoms with van der Waals surface area (Å²) in [5.41, 5.74) is 1.62. The molecule has 1 atom stereocenters. The molecule has 2 aromatic carbocycles. The smallest absolute Gasteiger partial charge is 0.283 e. The third-order valence-electron chi connectivity index (χ3n) is 6.00. The van der Waals surface area contributed by atoms with Crippen molar-refractivity contribution in [2.24, 2.45) is 4.99 Å². The van der Waals surface area contributed by atoms with Crippen molar-refractivity contribution in [1.82, 2.24) is 4.90 Å². The molecule has 0 N–H and O–H groups in total. The summed E-state index contributed by atoms with van der Waals surface area (Å²) in [6.07, 6.45) is 2.39. The molecule has 0 saturated carbocycles. The fourth-order valence-electron chi connectivity index (χ4n) is 4.09. The maximum atomic E-state index is 13.7. The summed E-state index contributed by atoms with van der Waals surface area (Å²) in [5, 5.41) is 0.398. The lowest BCUT2D eigenvalue weighted by Crippen LogP contribution is -2.45. The fourth-order valence-corrected chi connectivity index (χ4v) is 5.46. The molecule has 2 amide bonds. The molecule has 4 rings (SSSR count). The number of amidine groups is 1. The SMILES string of the molecule is CCC(SC1=N/C(=C/c2ccc(OC(C)C)cc2)C(=O)N1c1ccc(OC)c(Cl)c1)C(=O)N1CCOCC1. The largest absolute Gasteiger partial charge is 0.495 e. The van der Waals surface area contributed by atoms with E-state index in [4.69, 9.17) is 30.8 Å². The van der Waals surface area contributed by atoms with Crippen LogP contribution in [0.1, 0.15) is 32.8 Å². The number of morpholine rings is 1. The Hall–Kier alpha value is -3.01. The van der Waals surface area contributed by atoms with E-state index in [0.717, 1.165) is 11.3 Å². The van der Waals surface area contributed by atoms with Gasteiger partial charge in [0.05, 0.1) is 42.4 Å². The second-order valence-corrected chi connectivity index (χ2v) is 10.6. The minimum Gasteiger partial charge on any atom is -0.495 e. The van der Waals surface area contributed by atoms with E-state index in [1.54, 1.807) is 24.3 Å². The standard InChI is InChI=1S/C28H32ClN3O5S/c1-5-25(27(34)31-12-14-36-15-13-31)38-28-30-23(16-19-6-9-21(10-7-19)37-18(2)3)26(33)32(28)20-8-11-24(35-4)22(29)17-20/h6-11,16-18,25H,5,12-15H2,1-4H3/b23-16+. The van der Waals surface area contributed by atoms with Gasteiger partial charge in [0.25, 0.3) is 5.91 Å². The van der Waals surface area contributed by atoms with Crippen LogP contribution in [0, 0.1) is 0 Å². The first-order valence-corrected chi connectivity index (χ1v) is 13.8. The van der Waals surface area contributed by atoms with Crippen molar-refractivity contribution in [1.29, 1.82) is 0 Å². The van der Waals surface area contributed by atoms with Crippen LogP contribution in [0.15, 0.2) is 53.2 Å². The van der Waals surface area contributed by atoms with E-state index >= 15 is 0 Å². The number of hydrogen-bond donors (Lipinski definition) is 0. The molecule has 38 heavy (non-hydrogen) atoms. The normalized spacial score (nSPS) is 17.7. The maximum absolute atomic E-state index is 13.7. The Morgan fingerprint density at radius 3 is 2.50 bits per heavy atom. The van der Waals surface area contributed by atoms with Gasteiger partial charge in [-0.25, -0.2) is 4.99 Å². The fraction of sp³-hybridized carbons (Fsp3) is 0.393. The molecule has 2 aliphatic heterocycles. The molecule has 1 fully saturated rings. The molecule has 2 aliphatic rings. The third-order valence-corrected chi connectivity index (χ3v) is 7.59. The second-order valence-electron chi connectivity index (χ2n) is 9.07. The molecule has 10 heteroatoms. The number of nitrogens with zero attached hydrogens (tertiary/aromatic N) is 3. The summed E-state index contributed by atoms with van der Waals surface area (Å²) in [7, 11) is 1.53. The number of thioether (sulfide) groups is 1. The first kappa shape index (κ1) is 28.0. The number of methoxy groups -OCH3 is 1. The number of benzene rings is 2. The van der Waals surface area contributed by atoms with Gasteiger partial charge < -0.3 is 19.1 Å². The quantitative estimate of drug-likeness (QED) is 0.412. The Balaban J connectivity index is 1.66. The van der Waals surface area contributed by atoms with Gasteiger partial charge in [0.15, 0.2) is 5.17 Å². The van der Waals surface area contributed by atoms with Crippen molar-refractivity contribution in [3.8, 4) is 11.5 Å². The number of carbonyl (C=O) groups excluding carboxylic acids is 2. The number of amides is 2. The predicted molar refractivity (Wildman–Crippen MR) is 152 cm³/mol. The first-order valence-electron chi connectivity index (χ1n) is 12.6. The Morgan fingerprint density at radius 2 is 1.89 bits per heavy atom. The average molecular weight is 558 g/mol. The van der Waals surface area contributed by atoms with Crippen LogP contribution in [0.25, 0.3) is 6.08 Å². The van der Waals surface area contributed by atoms with E-state index in [2.05, 4.69) is 0 Å². The van der Waals surface area contributed by atoms with E-state index in [1.807, 2.05) is 49.9 Å². The van der Waals surface area contributed by atoms with Crippen molar-refractivity contribution in [3.05, 3.63) is 58.7 Å². The van der Waals surface area contributed by atoms with Crippen molar-refractivity contribution >= 4 is 52.1 Å². The molecule has 2 heterocycles. The first-order chi connectivity index (χ1) is 18.3. The lowest BCUT2D eigenvalue weighted by atomic mass is 10.2. The van der Waals surface area contributed by atoms with E-state index in [1.165, 1.54) is 23.8 Å². The molecule has 8 nitrogen and oxygen atoms in total. The van der Waals surface area contributed by atoms with Gasteiger partial charge >= 0.3 is 0 Å². The van der Waals surface area contributed by atoms with Gasteiger partial charge in [-0.1, -0.05) is 42.4 Å². The Kier molecular flexibility index (Phi) is 9.35. The topological polar surface area (TPSA) is 80.7 Å². The summed E-state index contributed by atoms with van der Waals surface area (Å²) in [5.74, 6) is 0.968. The van der Waals surface area contributed by atoms with Crippen LogP contribution in [0.4, 0.5) is 5.69 Å². The molecule has 0 bridgehead atoms. The van der Waals surface area contributed by atoms with Gasteiger partial charge in [0.1, 0.15) is 17.2 Å². The van der Waals surface area contributed by atoms with Crippen molar-refractivity contribution in [2.45, 2.75) is 38.5 Å². The summed E-state index contributed by atoms with van der Waals surface area (Å²) < 4.78 is 16.4. The predicted octanol–water partition coefficient (Wildman–Crippen LogP) is 5.25. The van der Waals surface area contributed by atoms with Crippen LogP contribution in [0.3, 0.4) is 0 Å². The van der Waals surface area contributed by atoms with Gasteiger partial charge in [-0.3, -0.25) is 14.5 Å². The second kappa shape index (κ2) is 12.7. The Bertz CT molecular complexity index is 1230. The highest BCUT2D eigenvalue weighted by Crippen LogP contribution is 2.36. The van der Waals surface area contributed by atoms with Crippen LogP contribution >= 0.6 is 23.4 Å². The zero-order valence-electron chi connectivity index (χ0n) is 22.0. The highest BCUT2D eigenvalue weighted by Gasteiger charge is 2.36. The minimum atomic E-state index is -0.400. The molecule has 202 valence electrons. The van der Waals surface area contributed by atoms with Crippen LogP contribution < -0.4 is 14.4 Å². The van der Waals surface area contributed by atoms with Crippen LogP contribution in [-0.2, 0) is 14.3 Å². The molecule has 2 aromatic rings. The number of ether oxygens (including phenoxy) is 3. The molecule has 0 spiro atoms. The van der Waals surface area contributed by atoms with Crippen LogP contribution in [-0.4, -0.2) is 66.6 Å². The summed E-state index contributed by atoms with van der Waals surface area (Å²) in [6.45, 7) is 8.05. The van der Waals surface area contributed by atoms with Crippen molar-refractivity contribution in [2.75, 3.05) is 38.3 Å². The maximum Gasteiger partial charge on any atom is 0.283 e. The van der Waals surface area contributed by atoms with Crippen LogP contribution in [0.2, 0.25) is 5.02 Å². The molecule has 0 radical (unpaired) electrons. The van der Waals surface area contributed by atoms with Crippen molar-refractivity contribution < 1.29 is 23.8 Å². The third kappa shape index (κ3) is 6.51. The number of anilines is 1. The van der Waals surface area contributed by atoms with Gasteiger partial charge in [-0.15, -0.1) is 0 Å². The molecular weight excluding hydrogens is 526 g/mol. The molecule has 1 saturated heterocycles. The van der Waals surface area contributed by atoms with Crippen molar-refractivity contribution in [3.63, 3.8) is 0 Å².